The molecule has 9 nitrogen and oxygen atoms in total. The van der Waals surface area contributed by atoms with E-state index < -0.39 is 24.2 Å². The Labute approximate surface area is 227 Å². The largest absolute Gasteiger partial charge is 0.480 e. The molecule has 0 saturated heterocycles. The van der Waals surface area contributed by atoms with Crippen LogP contribution in [0.3, 0.4) is 0 Å². The summed E-state index contributed by atoms with van der Waals surface area (Å²) in [5.74, 6) is -1.28. The highest BCUT2D eigenvalue weighted by Crippen LogP contribution is 2.44. The monoisotopic (exact) mass is 532 g/mol. The van der Waals surface area contributed by atoms with Crippen LogP contribution >= 0.6 is 0 Å². The predicted molar refractivity (Wildman–Crippen MR) is 144 cm³/mol. The number of carbonyl (C=O) groups is 3. The average molecular weight is 533 g/mol. The molecule has 39 heavy (non-hydrogen) atoms. The zero-order valence-corrected chi connectivity index (χ0v) is 21.5. The lowest BCUT2D eigenvalue weighted by molar-refractivity contribution is -0.139. The second-order valence-electron chi connectivity index (χ2n) is 9.10. The molecule has 9 heteroatoms. The maximum Gasteiger partial charge on any atom is 0.407 e. The van der Waals surface area contributed by atoms with Crippen molar-refractivity contribution >= 4 is 18.2 Å². The third kappa shape index (κ3) is 7.81. The number of aliphatic carboxylic acids is 1. The van der Waals surface area contributed by atoms with Crippen molar-refractivity contribution in [1.82, 2.24) is 10.6 Å². The number of hydrogen-bond acceptors (Lipinski definition) is 6. The number of carbonyl (C=O) groups excluding carboxylic acids is 2. The van der Waals surface area contributed by atoms with E-state index in [1.54, 1.807) is 0 Å². The Bertz CT molecular complexity index is 1220. The van der Waals surface area contributed by atoms with Crippen molar-refractivity contribution in [3.05, 3.63) is 95.6 Å². The normalized spacial score (nSPS) is 12.6. The molecule has 0 aliphatic heterocycles. The van der Waals surface area contributed by atoms with Crippen LogP contribution in [0.4, 0.5) is 9.59 Å². The van der Waals surface area contributed by atoms with E-state index in [2.05, 4.69) is 10.6 Å². The molecule has 0 heterocycles. The van der Waals surface area contributed by atoms with Crippen molar-refractivity contribution in [3.8, 4) is 11.1 Å². The molecule has 1 atom stereocenters. The highest BCUT2D eigenvalue weighted by molar-refractivity contribution is 5.81. The second kappa shape index (κ2) is 14.0. The number of benzene rings is 3. The Morgan fingerprint density at radius 3 is 2.10 bits per heavy atom. The first kappa shape index (κ1) is 27.7. The summed E-state index contributed by atoms with van der Waals surface area (Å²) in [4.78, 5) is 35.8. The van der Waals surface area contributed by atoms with Crippen LogP contribution in [0.1, 0.15) is 35.4 Å². The van der Waals surface area contributed by atoms with Crippen LogP contribution in [0.25, 0.3) is 11.1 Å². The number of ether oxygens (including phenoxy) is 3. The number of nitrogens with one attached hydrogen (secondary N) is 2. The second-order valence-corrected chi connectivity index (χ2v) is 9.10. The van der Waals surface area contributed by atoms with Crippen LogP contribution in [0.2, 0.25) is 0 Å². The van der Waals surface area contributed by atoms with Crippen molar-refractivity contribution in [3.63, 3.8) is 0 Å². The predicted octanol–water partition coefficient (Wildman–Crippen LogP) is 4.70. The molecule has 1 aliphatic carbocycles. The van der Waals surface area contributed by atoms with Gasteiger partial charge in [-0.1, -0.05) is 78.9 Å². The highest BCUT2D eigenvalue weighted by Gasteiger charge is 2.29. The van der Waals surface area contributed by atoms with E-state index in [0.717, 1.165) is 27.8 Å². The van der Waals surface area contributed by atoms with Gasteiger partial charge in [-0.25, -0.2) is 14.4 Å². The Hall–Kier alpha value is -4.37. The van der Waals surface area contributed by atoms with Gasteiger partial charge in [0.1, 0.15) is 19.3 Å². The van der Waals surface area contributed by atoms with Crippen molar-refractivity contribution in [1.29, 1.82) is 0 Å². The van der Waals surface area contributed by atoms with Crippen LogP contribution in [0.5, 0.6) is 0 Å². The van der Waals surface area contributed by atoms with E-state index in [0.29, 0.717) is 19.6 Å². The van der Waals surface area contributed by atoms with E-state index in [4.69, 9.17) is 14.2 Å². The summed E-state index contributed by atoms with van der Waals surface area (Å²) in [6.07, 6.45) is -0.705. The van der Waals surface area contributed by atoms with Crippen LogP contribution in [-0.4, -0.2) is 55.7 Å². The quantitative estimate of drug-likeness (QED) is 0.273. The molecule has 2 amide bonds. The van der Waals surface area contributed by atoms with Crippen molar-refractivity contribution in [2.75, 3.05) is 26.4 Å². The lowest BCUT2D eigenvalue weighted by atomic mass is 9.98. The van der Waals surface area contributed by atoms with E-state index >= 15 is 0 Å². The summed E-state index contributed by atoms with van der Waals surface area (Å²) in [6.45, 7) is 1.09. The zero-order chi connectivity index (χ0) is 27.5. The first-order valence-corrected chi connectivity index (χ1v) is 12.9. The van der Waals surface area contributed by atoms with Crippen LogP contribution < -0.4 is 10.6 Å². The summed E-state index contributed by atoms with van der Waals surface area (Å²) in [5, 5.41) is 14.6. The Morgan fingerprint density at radius 1 is 0.795 bits per heavy atom. The van der Waals surface area contributed by atoms with E-state index in [1.165, 1.54) is 0 Å². The lowest BCUT2D eigenvalue weighted by Crippen LogP contribution is -2.42. The average Bonchev–Trinajstić information content (AvgIpc) is 3.28. The van der Waals surface area contributed by atoms with Crippen LogP contribution in [0.15, 0.2) is 78.9 Å². The molecule has 0 spiro atoms. The van der Waals surface area contributed by atoms with Gasteiger partial charge in [0.15, 0.2) is 0 Å². The molecule has 204 valence electrons. The Morgan fingerprint density at radius 2 is 1.44 bits per heavy atom. The molecule has 4 rings (SSSR count). The number of alkyl carbamates (subject to hydrolysis) is 2. The van der Waals surface area contributed by atoms with E-state index in [9.17, 15) is 19.5 Å². The smallest absolute Gasteiger partial charge is 0.407 e. The number of fused-ring (bicyclic) bond motifs is 3. The van der Waals surface area contributed by atoms with Gasteiger partial charge in [-0.3, -0.25) is 0 Å². The van der Waals surface area contributed by atoms with Gasteiger partial charge in [-0.05, 0) is 34.2 Å². The molecule has 3 N–H and O–H groups in total. The van der Waals surface area contributed by atoms with Crippen LogP contribution in [-0.2, 0) is 25.6 Å². The molecule has 0 fully saturated rings. The molecule has 0 bridgehead atoms. The molecule has 3 aromatic carbocycles. The number of rotatable bonds is 13. The summed E-state index contributed by atoms with van der Waals surface area (Å²) in [7, 11) is 0. The van der Waals surface area contributed by atoms with Crippen molar-refractivity contribution in [2.24, 2.45) is 0 Å². The van der Waals surface area contributed by atoms with Gasteiger partial charge in [0.05, 0.1) is 0 Å². The fraction of sp³-hybridized carbons (Fsp3) is 0.300. The molecular formula is C30H32N2O7. The number of amides is 2. The minimum absolute atomic E-state index is 0.0755. The zero-order valence-electron chi connectivity index (χ0n) is 21.5. The molecule has 0 saturated carbocycles. The Kier molecular flexibility index (Phi) is 9.91. The Balaban J connectivity index is 1.12. The van der Waals surface area contributed by atoms with Gasteiger partial charge in [0.2, 0.25) is 0 Å². The molecule has 1 unspecified atom stereocenters. The van der Waals surface area contributed by atoms with Crippen LogP contribution in [0, 0.1) is 0 Å². The van der Waals surface area contributed by atoms with Gasteiger partial charge in [-0.15, -0.1) is 0 Å². The maximum absolute atomic E-state index is 12.4. The SMILES string of the molecule is O=C(NCCCOCCC(NC(=O)OCC1c2ccccc2-c2ccccc21)C(=O)O)OCc1ccccc1. The fourth-order valence-electron chi connectivity index (χ4n) is 4.48. The fourth-order valence-corrected chi connectivity index (χ4v) is 4.48. The minimum Gasteiger partial charge on any atom is -0.480 e. The highest BCUT2D eigenvalue weighted by atomic mass is 16.6. The summed E-state index contributed by atoms with van der Waals surface area (Å²) in [6, 6.07) is 24.2. The first-order chi connectivity index (χ1) is 19.0. The number of hydrogen-bond donors (Lipinski definition) is 3. The van der Waals surface area contributed by atoms with Gasteiger partial charge in [-0.2, -0.15) is 0 Å². The standard InChI is InChI=1S/C30H32N2O7/c33-28(34)27(15-18-37-17-8-16-31-29(35)38-19-21-9-2-1-3-10-21)32-30(36)39-20-26-24-13-6-4-11-22(24)23-12-5-7-14-25(23)26/h1-7,9-14,26-27H,8,15-20H2,(H,31,35)(H,32,36)(H,33,34). The number of carboxylic acid groups (broad SMARTS) is 1. The lowest BCUT2D eigenvalue weighted by Gasteiger charge is -2.17. The number of carboxylic acids is 1. The molecule has 3 aromatic rings. The maximum atomic E-state index is 12.4. The van der Waals surface area contributed by atoms with Gasteiger partial charge < -0.3 is 30.0 Å². The summed E-state index contributed by atoms with van der Waals surface area (Å²) in [5.41, 5.74) is 5.28. The summed E-state index contributed by atoms with van der Waals surface area (Å²) >= 11 is 0. The summed E-state index contributed by atoms with van der Waals surface area (Å²) < 4.78 is 16.1. The third-order valence-electron chi connectivity index (χ3n) is 6.43. The minimum atomic E-state index is -1.17. The first-order valence-electron chi connectivity index (χ1n) is 12.9. The van der Waals surface area contributed by atoms with E-state index in [1.807, 2.05) is 78.9 Å². The third-order valence-corrected chi connectivity index (χ3v) is 6.43. The molecular weight excluding hydrogens is 500 g/mol. The topological polar surface area (TPSA) is 123 Å². The van der Waals surface area contributed by atoms with Crippen molar-refractivity contribution in [2.45, 2.75) is 31.4 Å². The van der Waals surface area contributed by atoms with Gasteiger partial charge >= 0.3 is 18.2 Å². The van der Waals surface area contributed by atoms with E-state index in [-0.39, 0.29) is 32.2 Å². The molecule has 0 radical (unpaired) electrons. The van der Waals surface area contributed by atoms with Gasteiger partial charge in [0.25, 0.3) is 0 Å². The van der Waals surface area contributed by atoms with Gasteiger partial charge in [0, 0.05) is 32.1 Å². The van der Waals surface area contributed by atoms with Crippen molar-refractivity contribution < 1.29 is 33.7 Å². The molecule has 0 aromatic heterocycles. The molecule has 1 aliphatic rings.